The molecule has 0 aliphatic heterocycles. The van der Waals surface area contributed by atoms with Crippen molar-refractivity contribution in [3.05, 3.63) is 48.5 Å². The molecule has 2 aromatic carbocycles. The summed E-state index contributed by atoms with van der Waals surface area (Å²) in [6.07, 6.45) is 0. The van der Waals surface area contributed by atoms with Crippen molar-refractivity contribution in [3.8, 4) is 11.5 Å². The average Bonchev–Trinajstić information content (AvgIpc) is 2.29. The Morgan fingerprint density at radius 3 is 1.61 bits per heavy atom. The summed E-state index contributed by atoms with van der Waals surface area (Å²) >= 11 is 0. The van der Waals surface area contributed by atoms with E-state index in [1.54, 1.807) is 48.5 Å². The first-order chi connectivity index (χ1) is 8.24. The number of hydrogen-bond acceptors (Lipinski definition) is 4. The molecule has 0 saturated heterocycles. The maximum absolute atomic E-state index is 5.61. The Balaban J connectivity index is 0.00000162. The van der Waals surface area contributed by atoms with Gasteiger partial charge < -0.3 is 20.8 Å². The summed E-state index contributed by atoms with van der Waals surface area (Å²) < 4.78 is 10.5. The van der Waals surface area contributed by atoms with Gasteiger partial charge in [-0.05, 0) is 24.3 Å². The quantitative estimate of drug-likeness (QED) is 0.656. The summed E-state index contributed by atoms with van der Waals surface area (Å²) in [4.78, 5) is 0. The molecule has 0 fully saturated rings. The molecule has 0 heterocycles. The largest absolute Gasteiger partial charge is 0.658 e. The minimum atomic E-state index is 0. The highest BCUT2D eigenvalue weighted by atomic mass is 35.5. The Hall–Kier alpha value is -2.01. The standard InChI is InChI=1S/C12H12BN2O2.ClH/c14-9-3-1-5-11(7-9)16-13-17-12-6-2-4-10(15)8-12;/h1-8H,14-15H2;1H. The van der Waals surface area contributed by atoms with Crippen LogP contribution in [0.2, 0.25) is 0 Å². The lowest BCUT2D eigenvalue weighted by Gasteiger charge is -2.07. The van der Waals surface area contributed by atoms with Crippen LogP contribution in [0.5, 0.6) is 11.5 Å². The van der Waals surface area contributed by atoms with Crippen molar-refractivity contribution >= 4 is 31.5 Å². The fraction of sp³-hybridized carbons (Fsp3) is 0. The fourth-order valence-corrected chi connectivity index (χ4v) is 1.31. The van der Waals surface area contributed by atoms with Crippen LogP contribution in [-0.2, 0) is 0 Å². The van der Waals surface area contributed by atoms with Crippen molar-refractivity contribution < 1.29 is 9.31 Å². The Bertz CT molecular complexity index is 465. The van der Waals surface area contributed by atoms with Gasteiger partial charge in [0.05, 0.1) is 0 Å². The minimum absolute atomic E-state index is 0. The van der Waals surface area contributed by atoms with Gasteiger partial charge in [-0.15, -0.1) is 12.4 Å². The molecule has 1 radical (unpaired) electrons. The van der Waals surface area contributed by atoms with Gasteiger partial charge in [-0.25, -0.2) is 0 Å². The summed E-state index contributed by atoms with van der Waals surface area (Å²) in [6.45, 7) is 0. The number of nitrogen functional groups attached to an aromatic ring is 2. The SMILES string of the molecule is Cl.Nc1cccc(O[B]Oc2cccc(N)c2)c1. The van der Waals surface area contributed by atoms with Gasteiger partial charge in [-0.2, -0.15) is 0 Å². The van der Waals surface area contributed by atoms with Gasteiger partial charge in [0.25, 0.3) is 0 Å². The van der Waals surface area contributed by atoms with E-state index in [4.69, 9.17) is 20.8 Å². The maximum atomic E-state index is 5.61. The summed E-state index contributed by atoms with van der Waals surface area (Å²) in [7, 11) is 1.24. The third kappa shape index (κ3) is 4.10. The summed E-state index contributed by atoms with van der Waals surface area (Å²) in [5, 5.41) is 0. The number of rotatable bonds is 4. The van der Waals surface area contributed by atoms with Crippen molar-refractivity contribution in [1.82, 2.24) is 0 Å². The molecule has 0 atom stereocenters. The van der Waals surface area contributed by atoms with Crippen LogP contribution in [0.15, 0.2) is 48.5 Å². The lowest BCUT2D eigenvalue weighted by molar-refractivity contribution is 0.459. The topological polar surface area (TPSA) is 70.5 Å². The second-order valence-corrected chi connectivity index (χ2v) is 3.48. The van der Waals surface area contributed by atoms with Crippen LogP contribution in [0.4, 0.5) is 11.4 Å². The first-order valence-electron chi connectivity index (χ1n) is 5.10. The Morgan fingerprint density at radius 2 is 1.22 bits per heavy atom. The van der Waals surface area contributed by atoms with Crippen molar-refractivity contribution in [2.75, 3.05) is 11.5 Å². The van der Waals surface area contributed by atoms with E-state index >= 15 is 0 Å². The highest BCUT2D eigenvalue weighted by molar-refractivity contribution is 6.20. The van der Waals surface area contributed by atoms with E-state index in [1.807, 2.05) is 0 Å². The molecule has 18 heavy (non-hydrogen) atoms. The van der Waals surface area contributed by atoms with Gasteiger partial charge in [0.2, 0.25) is 0 Å². The molecule has 0 aliphatic carbocycles. The normalized spacial score (nSPS) is 9.11. The predicted octanol–water partition coefficient (Wildman–Crippen LogP) is 2.26. The van der Waals surface area contributed by atoms with E-state index in [2.05, 4.69) is 0 Å². The fourth-order valence-electron chi connectivity index (χ4n) is 1.31. The Labute approximate surface area is 113 Å². The lowest BCUT2D eigenvalue weighted by Crippen LogP contribution is -2.11. The van der Waals surface area contributed by atoms with Crippen LogP contribution >= 0.6 is 12.4 Å². The van der Waals surface area contributed by atoms with Gasteiger partial charge in [-0.1, -0.05) is 12.1 Å². The molecule has 0 unspecified atom stereocenters. The van der Waals surface area contributed by atoms with Gasteiger partial charge in [0, 0.05) is 23.5 Å². The van der Waals surface area contributed by atoms with E-state index in [0.29, 0.717) is 22.9 Å². The van der Waals surface area contributed by atoms with Crippen molar-refractivity contribution in [3.63, 3.8) is 0 Å². The number of anilines is 2. The van der Waals surface area contributed by atoms with E-state index in [1.165, 1.54) is 7.69 Å². The second-order valence-electron chi connectivity index (χ2n) is 3.48. The number of benzene rings is 2. The molecule has 0 spiro atoms. The maximum Gasteiger partial charge on any atom is 0.658 e. The average molecular weight is 264 g/mol. The second kappa shape index (κ2) is 6.66. The van der Waals surface area contributed by atoms with Gasteiger partial charge in [0.1, 0.15) is 11.5 Å². The molecular formula is C12H13BClN2O2. The lowest BCUT2D eigenvalue weighted by atomic mass is 10.2. The molecule has 0 saturated carbocycles. The Kier molecular flexibility index (Phi) is 5.20. The van der Waals surface area contributed by atoms with Crippen molar-refractivity contribution in [2.45, 2.75) is 0 Å². The molecule has 0 aromatic heterocycles. The van der Waals surface area contributed by atoms with Crippen LogP contribution in [0.25, 0.3) is 0 Å². The van der Waals surface area contributed by atoms with Crippen LogP contribution < -0.4 is 20.8 Å². The highest BCUT2D eigenvalue weighted by Gasteiger charge is 2.01. The Morgan fingerprint density at radius 1 is 0.778 bits per heavy atom. The van der Waals surface area contributed by atoms with Crippen molar-refractivity contribution in [2.24, 2.45) is 0 Å². The number of nitrogens with two attached hydrogens (primary N) is 2. The number of hydrogen-bond donors (Lipinski definition) is 2. The smallest absolute Gasteiger partial charge is 0.526 e. The third-order valence-corrected chi connectivity index (χ3v) is 2.08. The number of halogens is 1. The molecule has 2 rings (SSSR count). The molecule has 93 valence electrons. The van der Waals surface area contributed by atoms with Crippen LogP contribution in [-0.4, -0.2) is 7.69 Å². The first kappa shape index (κ1) is 14.1. The zero-order valence-electron chi connectivity index (χ0n) is 9.58. The molecule has 0 bridgehead atoms. The van der Waals surface area contributed by atoms with Crippen LogP contribution in [0.3, 0.4) is 0 Å². The molecule has 0 amide bonds. The molecular weight excluding hydrogens is 250 g/mol. The van der Waals surface area contributed by atoms with E-state index in [0.717, 1.165) is 0 Å². The predicted molar refractivity (Wildman–Crippen MR) is 76.0 cm³/mol. The van der Waals surface area contributed by atoms with Crippen LogP contribution in [0.1, 0.15) is 0 Å². The third-order valence-electron chi connectivity index (χ3n) is 2.08. The molecule has 6 heteroatoms. The van der Waals surface area contributed by atoms with E-state index in [-0.39, 0.29) is 12.4 Å². The van der Waals surface area contributed by atoms with E-state index < -0.39 is 0 Å². The van der Waals surface area contributed by atoms with Crippen molar-refractivity contribution in [1.29, 1.82) is 0 Å². The summed E-state index contributed by atoms with van der Waals surface area (Å²) in [5.74, 6) is 1.24. The molecule has 4 nitrogen and oxygen atoms in total. The summed E-state index contributed by atoms with van der Waals surface area (Å²) in [5.41, 5.74) is 12.5. The van der Waals surface area contributed by atoms with Gasteiger partial charge in [0.15, 0.2) is 0 Å². The molecule has 2 aromatic rings. The van der Waals surface area contributed by atoms with E-state index in [9.17, 15) is 0 Å². The zero-order valence-corrected chi connectivity index (χ0v) is 10.4. The highest BCUT2D eigenvalue weighted by Crippen LogP contribution is 2.16. The monoisotopic (exact) mass is 263 g/mol. The van der Waals surface area contributed by atoms with Gasteiger partial charge >= 0.3 is 7.69 Å². The van der Waals surface area contributed by atoms with Crippen LogP contribution in [0, 0.1) is 0 Å². The van der Waals surface area contributed by atoms with Gasteiger partial charge in [-0.3, -0.25) is 0 Å². The molecule has 0 aliphatic rings. The summed E-state index contributed by atoms with van der Waals surface area (Å²) in [6, 6.07) is 14.2. The zero-order chi connectivity index (χ0) is 12.1. The first-order valence-corrected chi connectivity index (χ1v) is 5.10. The molecule has 4 N–H and O–H groups in total. The minimum Gasteiger partial charge on any atom is -0.526 e.